The molecular weight excluding hydrogens is 1280 g/mol. The second-order valence-electron chi connectivity index (χ2n) is 27.4. The van der Waals surface area contributed by atoms with Crippen molar-refractivity contribution in [2.45, 2.75) is 406 Å². The summed E-state index contributed by atoms with van der Waals surface area (Å²) in [5.41, 5.74) is 0. The molecule has 0 aromatic heterocycles. The number of unbranched alkanes of at least 4 members (excludes halogenated alkanes) is 45. The Bertz CT molecular complexity index is 2000. The van der Waals surface area contributed by atoms with Gasteiger partial charge >= 0.3 is 39.5 Å². The highest BCUT2D eigenvalue weighted by Gasteiger charge is 2.30. The van der Waals surface area contributed by atoms with E-state index in [0.717, 1.165) is 128 Å². The lowest BCUT2D eigenvalue weighted by molar-refractivity contribution is -0.161. The predicted octanol–water partition coefficient (Wildman–Crippen LogP) is 23.1. The topological polar surface area (TPSA) is 237 Å². The number of allylic oxidation sites excluding steroid dienone is 6. The Morgan fingerprint density at radius 1 is 0.286 bits per heavy atom. The van der Waals surface area contributed by atoms with Crippen molar-refractivity contribution in [2.24, 2.45) is 0 Å². The van der Waals surface area contributed by atoms with Crippen molar-refractivity contribution in [3.05, 3.63) is 36.5 Å². The van der Waals surface area contributed by atoms with Crippen LogP contribution in [0.1, 0.15) is 387 Å². The van der Waals surface area contributed by atoms with E-state index < -0.39 is 97.5 Å². The highest BCUT2D eigenvalue weighted by atomic mass is 31.2. The summed E-state index contributed by atoms with van der Waals surface area (Å²) in [4.78, 5) is 72.9. The fourth-order valence-electron chi connectivity index (χ4n) is 11.4. The second kappa shape index (κ2) is 72.6. The monoisotopic (exact) mass is 1430 g/mol. The number of ether oxygens (including phenoxy) is 4. The number of carbonyl (C=O) groups is 4. The lowest BCUT2D eigenvalue weighted by atomic mass is 10.0. The van der Waals surface area contributed by atoms with E-state index in [1.54, 1.807) is 0 Å². The highest BCUT2D eigenvalue weighted by Crippen LogP contribution is 2.45. The highest BCUT2D eigenvalue weighted by molar-refractivity contribution is 7.47. The third-order valence-corrected chi connectivity index (χ3v) is 19.5. The summed E-state index contributed by atoms with van der Waals surface area (Å²) in [7, 11) is -9.93. The number of rotatable bonds is 77. The maximum atomic E-state index is 13.1. The van der Waals surface area contributed by atoms with Gasteiger partial charge in [-0.2, -0.15) is 0 Å². The van der Waals surface area contributed by atoms with Crippen LogP contribution < -0.4 is 0 Å². The van der Waals surface area contributed by atoms with Gasteiger partial charge in [-0.1, -0.05) is 315 Å². The fourth-order valence-corrected chi connectivity index (χ4v) is 13.0. The molecule has 0 radical (unpaired) electrons. The quantitative estimate of drug-likeness (QED) is 0.0169. The first kappa shape index (κ1) is 95.3. The normalized spacial score (nSPS) is 14.1. The number of aliphatic hydroxyl groups is 1. The predicted molar refractivity (Wildman–Crippen MR) is 400 cm³/mol. The Labute approximate surface area is 598 Å². The van der Waals surface area contributed by atoms with Gasteiger partial charge in [-0.25, -0.2) is 9.13 Å². The summed E-state index contributed by atoms with van der Waals surface area (Å²) in [5.74, 6) is -2.15. The van der Waals surface area contributed by atoms with E-state index in [-0.39, 0.29) is 25.7 Å². The molecule has 0 aromatic rings. The lowest BCUT2D eigenvalue weighted by Gasteiger charge is -2.21. The molecule has 17 nitrogen and oxygen atoms in total. The number of esters is 4. The first-order valence-corrected chi connectivity index (χ1v) is 43.2. The largest absolute Gasteiger partial charge is 0.472 e. The molecule has 0 bridgehead atoms. The van der Waals surface area contributed by atoms with E-state index in [2.05, 4.69) is 64.2 Å². The van der Waals surface area contributed by atoms with E-state index in [4.69, 9.17) is 37.0 Å². The van der Waals surface area contributed by atoms with Crippen LogP contribution >= 0.6 is 15.6 Å². The van der Waals surface area contributed by atoms with E-state index in [1.165, 1.54) is 180 Å². The molecule has 0 rings (SSSR count). The summed E-state index contributed by atoms with van der Waals surface area (Å²) in [6.45, 7) is 4.91. The molecule has 5 atom stereocenters. The Kier molecular flexibility index (Phi) is 70.6. The summed E-state index contributed by atoms with van der Waals surface area (Å²) in [6.07, 6.45) is 68.3. The van der Waals surface area contributed by atoms with E-state index in [1.807, 2.05) is 0 Å². The van der Waals surface area contributed by atoms with Crippen molar-refractivity contribution in [1.29, 1.82) is 0 Å². The first-order valence-electron chi connectivity index (χ1n) is 40.2. The van der Waals surface area contributed by atoms with Crippen LogP contribution in [0.25, 0.3) is 0 Å². The first-order chi connectivity index (χ1) is 47.7. The van der Waals surface area contributed by atoms with Crippen LogP contribution in [0.4, 0.5) is 0 Å². The average molecular weight is 1430 g/mol. The maximum Gasteiger partial charge on any atom is 0.472 e. The molecule has 0 aliphatic carbocycles. The van der Waals surface area contributed by atoms with Gasteiger partial charge in [-0.3, -0.25) is 37.3 Å². The minimum atomic E-state index is -4.97. The van der Waals surface area contributed by atoms with Crippen LogP contribution in [0.15, 0.2) is 36.5 Å². The van der Waals surface area contributed by atoms with Gasteiger partial charge in [-0.05, 0) is 83.5 Å². The molecule has 0 amide bonds. The van der Waals surface area contributed by atoms with Gasteiger partial charge in [0.1, 0.15) is 19.3 Å². The molecule has 19 heteroatoms. The average Bonchev–Trinajstić information content (AvgIpc) is 1.04. The van der Waals surface area contributed by atoms with Gasteiger partial charge in [0.2, 0.25) is 0 Å². The molecule has 0 spiro atoms. The van der Waals surface area contributed by atoms with Crippen LogP contribution in [-0.4, -0.2) is 96.7 Å². The van der Waals surface area contributed by atoms with E-state index in [0.29, 0.717) is 25.7 Å². The zero-order chi connectivity index (χ0) is 71.8. The molecule has 0 aliphatic heterocycles. The Morgan fingerprint density at radius 2 is 0.500 bits per heavy atom. The molecule has 5 unspecified atom stereocenters. The number of phosphoric acid groups is 2. The van der Waals surface area contributed by atoms with Crippen LogP contribution in [0.3, 0.4) is 0 Å². The zero-order valence-electron chi connectivity index (χ0n) is 63.0. The Morgan fingerprint density at radius 3 is 0.796 bits per heavy atom. The third-order valence-electron chi connectivity index (χ3n) is 17.6. The number of aliphatic hydroxyl groups excluding tert-OH is 1. The number of hydrogen-bond donors (Lipinski definition) is 3. The van der Waals surface area contributed by atoms with Gasteiger partial charge in [0.15, 0.2) is 12.2 Å². The van der Waals surface area contributed by atoms with Crippen LogP contribution in [0, 0.1) is 0 Å². The van der Waals surface area contributed by atoms with Gasteiger partial charge in [0.05, 0.1) is 26.4 Å². The van der Waals surface area contributed by atoms with Crippen molar-refractivity contribution in [2.75, 3.05) is 39.6 Å². The van der Waals surface area contributed by atoms with Gasteiger partial charge in [0, 0.05) is 25.7 Å². The molecule has 0 heterocycles. The fraction of sp³-hybridized carbons (Fsp3) is 0.873. The van der Waals surface area contributed by atoms with Crippen molar-refractivity contribution >= 4 is 39.5 Å². The van der Waals surface area contributed by atoms with Crippen LogP contribution in [0.5, 0.6) is 0 Å². The third kappa shape index (κ3) is 71.7. The maximum absolute atomic E-state index is 13.1. The summed E-state index contributed by atoms with van der Waals surface area (Å²) < 4.78 is 68.6. The molecule has 0 fully saturated rings. The molecule has 0 aromatic carbocycles. The number of hydrogen-bond acceptors (Lipinski definition) is 15. The van der Waals surface area contributed by atoms with Crippen molar-refractivity contribution in [3.8, 4) is 0 Å². The molecule has 0 saturated carbocycles. The molecular formula is C79H148O17P2. The summed E-state index contributed by atoms with van der Waals surface area (Å²) in [6, 6.07) is 0. The smallest absolute Gasteiger partial charge is 0.462 e. The lowest BCUT2D eigenvalue weighted by Crippen LogP contribution is -2.30. The van der Waals surface area contributed by atoms with Crippen LogP contribution in [0.2, 0.25) is 0 Å². The second-order valence-corrected chi connectivity index (χ2v) is 30.3. The minimum Gasteiger partial charge on any atom is -0.462 e. The van der Waals surface area contributed by atoms with Gasteiger partial charge < -0.3 is 33.8 Å². The van der Waals surface area contributed by atoms with Crippen molar-refractivity contribution < 1.29 is 80.2 Å². The molecule has 3 N–H and O–H groups in total. The molecule has 0 aliphatic rings. The summed E-state index contributed by atoms with van der Waals surface area (Å²) in [5, 5.41) is 10.6. The van der Waals surface area contributed by atoms with Gasteiger partial charge in [0.25, 0.3) is 0 Å². The van der Waals surface area contributed by atoms with Crippen molar-refractivity contribution in [1.82, 2.24) is 0 Å². The van der Waals surface area contributed by atoms with E-state index in [9.17, 15) is 43.2 Å². The number of phosphoric ester groups is 2. The van der Waals surface area contributed by atoms with Gasteiger partial charge in [-0.15, -0.1) is 0 Å². The zero-order valence-corrected chi connectivity index (χ0v) is 64.8. The SMILES string of the molecule is CCCCC/C=C\C/C=C\CCCCCCCC(=O)OCC(COP(=O)(O)OCC(O)COP(=O)(O)OCC(COC(=O)CCCCCCCCCCCCCCCCC)OC(=O)CCCCCCC/C=C\CCCCCC)OC(=O)CCCCCCCCCCCCCCCCC. The molecule has 576 valence electrons. The standard InChI is InChI=1S/C79H148O17P2/c1-5-9-13-17-21-25-29-33-36-40-43-47-51-55-59-63-76(81)89-69-74(95-78(83)65-61-57-53-49-45-39-32-28-24-20-16-12-8-4)71-93-97(85,86)91-67-73(80)68-92-98(87,88)94-72-75(96-79(84)66-62-58-54-50-46-42-38-35-31-27-23-19-15-11-7-3)70-90-77(82)64-60-56-52-48-44-41-37-34-30-26-22-18-14-10-6-2/h22,26,28,32,34,37,73-75,80H,5-21,23-25,27,29-31,33,35-36,38-72H2,1-4H3,(H,85,86)(H,87,88)/b26-22-,32-28-,37-34-. The molecule has 98 heavy (non-hydrogen) atoms. The van der Waals surface area contributed by atoms with E-state index >= 15 is 0 Å². The Balaban J connectivity index is 5.31. The number of carbonyl (C=O) groups excluding carboxylic acids is 4. The molecule has 0 saturated heterocycles. The summed E-state index contributed by atoms with van der Waals surface area (Å²) >= 11 is 0. The Hall–Kier alpha value is -2.72. The van der Waals surface area contributed by atoms with Crippen molar-refractivity contribution in [3.63, 3.8) is 0 Å². The minimum absolute atomic E-state index is 0.0924. The van der Waals surface area contributed by atoms with Crippen LogP contribution in [-0.2, 0) is 65.4 Å².